The van der Waals surface area contributed by atoms with Crippen molar-refractivity contribution in [2.45, 2.75) is 57.8 Å². The quantitative estimate of drug-likeness (QED) is 0.850. The van der Waals surface area contributed by atoms with Crippen LogP contribution in [0.3, 0.4) is 0 Å². The first kappa shape index (κ1) is 19.3. The van der Waals surface area contributed by atoms with Crippen LogP contribution >= 0.6 is 0 Å². The topological polar surface area (TPSA) is 60.9 Å². The summed E-state index contributed by atoms with van der Waals surface area (Å²) in [6, 6.07) is 12.1. The summed E-state index contributed by atoms with van der Waals surface area (Å²) in [7, 11) is 1.83. The molecule has 2 heterocycles. The van der Waals surface area contributed by atoms with Crippen molar-refractivity contribution >= 4 is 11.8 Å². The average molecular weight is 405 g/mol. The van der Waals surface area contributed by atoms with Crippen molar-refractivity contribution in [3.8, 4) is 11.1 Å². The maximum Gasteiger partial charge on any atom is 0.255 e. The predicted octanol–water partition coefficient (Wildman–Crippen LogP) is 3.37. The smallest absolute Gasteiger partial charge is 0.255 e. The second kappa shape index (κ2) is 6.67. The van der Waals surface area contributed by atoms with Gasteiger partial charge in [0, 0.05) is 20.1 Å². The molecule has 0 saturated heterocycles. The number of carbonyl (C=O) groups excluding carboxylic acids is 2. The Morgan fingerprint density at radius 2 is 1.80 bits per heavy atom. The van der Waals surface area contributed by atoms with E-state index >= 15 is 0 Å². The number of nitrogens with zero attached hydrogens (tertiary/aromatic N) is 2. The zero-order chi connectivity index (χ0) is 21.2. The minimum absolute atomic E-state index is 0.0182. The van der Waals surface area contributed by atoms with Crippen molar-refractivity contribution in [2.24, 2.45) is 5.92 Å². The Morgan fingerprint density at radius 1 is 1.03 bits per heavy atom. The van der Waals surface area contributed by atoms with Gasteiger partial charge in [-0.1, -0.05) is 30.3 Å². The molecule has 0 unspecified atom stereocenters. The molecule has 0 bridgehead atoms. The second-order valence-corrected chi connectivity index (χ2v) is 9.62. The van der Waals surface area contributed by atoms with E-state index in [-0.39, 0.29) is 17.9 Å². The van der Waals surface area contributed by atoms with Crippen molar-refractivity contribution in [3.05, 3.63) is 58.7 Å². The van der Waals surface area contributed by atoms with Gasteiger partial charge in [-0.2, -0.15) is 0 Å². The normalized spacial score (nSPS) is 19.7. The minimum Gasteiger partial charge on any atom is -0.388 e. The first-order chi connectivity index (χ1) is 14.2. The van der Waals surface area contributed by atoms with Crippen LogP contribution in [0.2, 0.25) is 0 Å². The van der Waals surface area contributed by atoms with Gasteiger partial charge < -0.3 is 14.9 Å². The molecule has 0 aromatic heterocycles. The zero-order valence-corrected chi connectivity index (χ0v) is 17.8. The minimum atomic E-state index is -0.929. The van der Waals surface area contributed by atoms with Gasteiger partial charge in [0.2, 0.25) is 5.91 Å². The number of hydrogen-bond acceptors (Lipinski definition) is 3. The van der Waals surface area contributed by atoms with Gasteiger partial charge in [-0.05, 0) is 66.5 Å². The van der Waals surface area contributed by atoms with Crippen LogP contribution < -0.4 is 0 Å². The number of fused-ring (bicyclic) bond motifs is 2. The first-order valence-corrected chi connectivity index (χ1v) is 10.8. The fourth-order valence-corrected chi connectivity index (χ4v) is 5.23. The average Bonchev–Trinajstić information content (AvgIpc) is 3.45. The summed E-state index contributed by atoms with van der Waals surface area (Å²) < 4.78 is 0. The Morgan fingerprint density at radius 3 is 2.50 bits per heavy atom. The van der Waals surface area contributed by atoms with E-state index in [4.69, 9.17) is 0 Å². The molecule has 156 valence electrons. The van der Waals surface area contributed by atoms with E-state index in [9.17, 15) is 14.7 Å². The number of carbonyl (C=O) groups is 2. The lowest BCUT2D eigenvalue weighted by Gasteiger charge is -2.37. The Kier molecular flexibility index (Phi) is 4.30. The van der Waals surface area contributed by atoms with Gasteiger partial charge >= 0.3 is 0 Å². The highest BCUT2D eigenvalue weighted by Crippen LogP contribution is 2.44. The molecule has 1 atom stereocenters. The monoisotopic (exact) mass is 404 g/mol. The fourth-order valence-electron chi connectivity index (χ4n) is 5.23. The van der Waals surface area contributed by atoms with Crippen LogP contribution in [0.1, 0.15) is 53.7 Å². The van der Waals surface area contributed by atoms with E-state index in [0.29, 0.717) is 25.4 Å². The molecular formula is C25H28N2O3. The van der Waals surface area contributed by atoms with Crippen LogP contribution in [0, 0.1) is 5.92 Å². The molecule has 1 saturated carbocycles. The van der Waals surface area contributed by atoms with Crippen molar-refractivity contribution in [2.75, 3.05) is 7.05 Å². The van der Waals surface area contributed by atoms with Gasteiger partial charge in [-0.3, -0.25) is 9.59 Å². The molecule has 3 aliphatic rings. The number of hydrogen-bond donors (Lipinski definition) is 1. The maximum atomic E-state index is 13.6. The number of aliphatic hydroxyl groups is 1. The summed E-state index contributed by atoms with van der Waals surface area (Å²) in [5.41, 5.74) is 5.01. The highest BCUT2D eigenvalue weighted by molar-refractivity contribution is 6.05. The van der Waals surface area contributed by atoms with Crippen molar-refractivity contribution in [3.63, 3.8) is 0 Å². The molecule has 1 fully saturated rings. The molecule has 0 spiro atoms. The summed E-state index contributed by atoms with van der Waals surface area (Å²) >= 11 is 0. The van der Waals surface area contributed by atoms with Gasteiger partial charge in [0.15, 0.2) is 0 Å². The molecular weight excluding hydrogens is 376 g/mol. The van der Waals surface area contributed by atoms with E-state index < -0.39 is 5.60 Å². The third-order valence-corrected chi connectivity index (χ3v) is 6.79. The highest BCUT2D eigenvalue weighted by atomic mass is 16.3. The molecule has 1 aliphatic carbocycles. The van der Waals surface area contributed by atoms with Crippen LogP contribution in [0.4, 0.5) is 0 Å². The lowest BCUT2D eigenvalue weighted by Crippen LogP contribution is -2.51. The van der Waals surface area contributed by atoms with Gasteiger partial charge in [-0.15, -0.1) is 0 Å². The molecule has 2 aromatic carbocycles. The van der Waals surface area contributed by atoms with Gasteiger partial charge in [-0.25, -0.2) is 0 Å². The Bertz CT molecular complexity index is 1050. The van der Waals surface area contributed by atoms with Crippen molar-refractivity contribution in [1.82, 2.24) is 9.80 Å². The lowest BCUT2D eigenvalue weighted by molar-refractivity contribution is -0.130. The van der Waals surface area contributed by atoms with Crippen LogP contribution in [0.25, 0.3) is 11.1 Å². The van der Waals surface area contributed by atoms with Crippen molar-refractivity contribution in [1.29, 1.82) is 0 Å². The Hall–Kier alpha value is -2.66. The first-order valence-electron chi connectivity index (χ1n) is 10.8. The largest absolute Gasteiger partial charge is 0.388 e. The number of likely N-dealkylation sites (N-methyl/N-ethyl adjacent to an activating group) is 1. The van der Waals surface area contributed by atoms with Gasteiger partial charge in [0.05, 0.1) is 23.6 Å². The molecule has 1 N–H and O–H groups in total. The third-order valence-electron chi connectivity index (χ3n) is 6.79. The molecule has 5 nitrogen and oxygen atoms in total. The fraction of sp³-hybridized carbons (Fsp3) is 0.440. The van der Waals surface area contributed by atoms with E-state index in [1.165, 1.54) is 0 Å². The standard InChI is InChI=1S/C25H28N2O3/c1-25(2,30)23(15-7-8-15)27-14-18-5-4-6-20(22(18)24(27)29)17-10-9-16-12-21(28)26(3)13-19(16)11-17/h4-6,9-11,15,23,30H,7-8,12-14H2,1-3H3/t23-/m1/s1. The van der Waals surface area contributed by atoms with Crippen LogP contribution in [-0.4, -0.2) is 45.4 Å². The van der Waals surface area contributed by atoms with Gasteiger partial charge in [0.25, 0.3) is 5.91 Å². The predicted molar refractivity (Wildman–Crippen MR) is 115 cm³/mol. The number of benzene rings is 2. The zero-order valence-electron chi connectivity index (χ0n) is 17.8. The summed E-state index contributed by atoms with van der Waals surface area (Å²) in [5.74, 6) is 0.535. The molecule has 2 amide bonds. The Balaban J connectivity index is 1.53. The second-order valence-electron chi connectivity index (χ2n) is 9.62. The lowest BCUT2D eigenvalue weighted by atomic mass is 9.91. The summed E-state index contributed by atoms with van der Waals surface area (Å²) in [6.45, 7) is 4.78. The highest BCUT2D eigenvalue weighted by Gasteiger charge is 2.48. The van der Waals surface area contributed by atoms with Gasteiger partial charge in [0.1, 0.15) is 0 Å². The van der Waals surface area contributed by atoms with E-state index in [2.05, 4.69) is 6.07 Å². The molecule has 5 heteroatoms. The van der Waals surface area contributed by atoms with E-state index in [1.807, 2.05) is 56.1 Å². The van der Waals surface area contributed by atoms with Crippen LogP contribution in [-0.2, 0) is 24.3 Å². The molecule has 5 rings (SSSR count). The molecule has 30 heavy (non-hydrogen) atoms. The summed E-state index contributed by atoms with van der Waals surface area (Å²) in [4.78, 5) is 29.2. The van der Waals surface area contributed by atoms with Crippen LogP contribution in [0.15, 0.2) is 36.4 Å². The number of amides is 2. The van der Waals surface area contributed by atoms with E-state index in [1.54, 1.807) is 4.90 Å². The SMILES string of the molecule is CN1Cc2cc(-c3cccc4c3C(=O)N([C@H](C3CC3)C(C)(C)O)C4)ccc2CC1=O. The van der Waals surface area contributed by atoms with E-state index in [0.717, 1.165) is 46.2 Å². The van der Waals surface area contributed by atoms with Crippen molar-refractivity contribution < 1.29 is 14.7 Å². The molecule has 0 radical (unpaired) electrons. The maximum absolute atomic E-state index is 13.6. The Labute approximate surface area is 177 Å². The molecule has 2 aliphatic heterocycles. The molecule has 2 aromatic rings. The summed E-state index contributed by atoms with van der Waals surface area (Å²) in [5, 5.41) is 10.8. The summed E-state index contributed by atoms with van der Waals surface area (Å²) in [6.07, 6.45) is 2.57. The number of rotatable bonds is 4. The van der Waals surface area contributed by atoms with Crippen LogP contribution in [0.5, 0.6) is 0 Å². The third kappa shape index (κ3) is 3.12.